The van der Waals surface area contributed by atoms with Crippen molar-refractivity contribution in [2.24, 2.45) is 5.92 Å². The predicted molar refractivity (Wildman–Crippen MR) is 60.0 cm³/mol. The second-order valence-corrected chi connectivity index (χ2v) is 4.22. The molecule has 2 nitrogen and oxygen atoms in total. The van der Waals surface area contributed by atoms with E-state index < -0.39 is 29.7 Å². The predicted octanol–water partition coefficient (Wildman–Crippen LogP) is 3.31. The number of benzene rings is 1. The molecule has 2 unspecified atom stereocenters. The zero-order valence-corrected chi connectivity index (χ0v) is 9.58. The van der Waals surface area contributed by atoms with Crippen molar-refractivity contribution >= 4 is 18.6 Å². The highest BCUT2D eigenvalue weighted by Gasteiger charge is 2.45. The van der Waals surface area contributed by atoms with Gasteiger partial charge in [-0.2, -0.15) is 25.8 Å². The molecule has 0 fully saturated rings. The molecule has 17 heavy (non-hydrogen) atoms. The van der Waals surface area contributed by atoms with Crippen molar-refractivity contribution in [1.82, 2.24) is 0 Å². The Labute approximate surface area is 102 Å². The van der Waals surface area contributed by atoms with E-state index in [1.807, 2.05) is 0 Å². The lowest BCUT2D eigenvalue weighted by atomic mass is 9.98. The fourth-order valence-corrected chi connectivity index (χ4v) is 1.79. The van der Waals surface area contributed by atoms with Gasteiger partial charge in [0, 0.05) is 5.25 Å². The average Bonchev–Trinajstić information content (AvgIpc) is 2.24. The van der Waals surface area contributed by atoms with Crippen molar-refractivity contribution in [3.63, 3.8) is 0 Å². The number of thiol groups is 1. The van der Waals surface area contributed by atoms with Gasteiger partial charge < -0.3 is 5.11 Å². The van der Waals surface area contributed by atoms with Gasteiger partial charge in [0.1, 0.15) is 0 Å². The summed E-state index contributed by atoms with van der Waals surface area (Å²) < 4.78 is 37.3. The first-order valence-electron chi connectivity index (χ1n) is 4.85. The zero-order valence-electron chi connectivity index (χ0n) is 8.69. The van der Waals surface area contributed by atoms with Crippen LogP contribution in [-0.4, -0.2) is 17.3 Å². The van der Waals surface area contributed by atoms with Crippen LogP contribution in [0.3, 0.4) is 0 Å². The molecule has 0 heterocycles. The van der Waals surface area contributed by atoms with Gasteiger partial charge >= 0.3 is 12.1 Å². The number of halogens is 3. The van der Waals surface area contributed by atoms with Crippen LogP contribution in [0.25, 0.3) is 0 Å². The molecule has 1 N–H and O–H groups in total. The highest BCUT2D eigenvalue weighted by atomic mass is 32.1. The van der Waals surface area contributed by atoms with Gasteiger partial charge in [0.05, 0.1) is 0 Å². The summed E-state index contributed by atoms with van der Waals surface area (Å²) in [5, 5.41) is 7.80. The molecule has 0 bridgehead atoms. The zero-order chi connectivity index (χ0) is 13.1. The molecular weight excluding hydrogens is 253 g/mol. The molecule has 1 rings (SSSR count). The van der Waals surface area contributed by atoms with Crippen molar-refractivity contribution in [2.75, 3.05) is 0 Å². The lowest BCUT2D eigenvalue weighted by Gasteiger charge is -2.19. The maximum atomic E-state index is 12.4. The second kappa shape index (κ2) is 5.44. The van der Waals surface area contributed by atoms with Gasteiger partial charge in [-0.25, -0.2) is 0 Å². The van der Waals surface area contributed by atoms with E-state index in [1.165, 1.54) is 0 Å². The summed E-state index contributed by atoms with van der Waals surface area (Å²) in [5.41, 5.74) is 0.575. The Morgan fingerprint density at radius 1 is 1.29 bits per heavy atom. The molecule has 0 aliphatic carbocycles. The van der Waals surface area contributed by atoms with Crippen LogP contribution in [0.15, 0.2) is 30.3 Å². The summed E-state index contributed by atoms with van der Waals surface area (Å²) in [6, 6.07) is 8.30. The first kappa shape index (κ1) is 13.9. The van der Waals surface area contributed by atoms with Crippen LogP contribution in [0.5, 0.6) is 0 Å². The van der Waals surface area contributed by atoms with Crippen LogP contribution in [0.2, 0.25) is 0 Å². The van der Waals surface area contributed by atoms with Gasteiger partial charge in [-0.05, 0) is 12.0 Å². The van der Waals surface area contributed by atoms with Crippen LogP contribution in [-0.2, 0) is 4.79 Å². The quantitative estimate of drug-likeness (QED) is 0.819. The number of carbonyl (C=O) groups is 1. The Hall–Kier alpha value is -1.17. The highest BCUT2D eigenvalue weighted by Crippen LogP contribution is 2.36. The summed E-state index contributed by atoms with van der Waals surface area (Å²) in [6.45, 7) is 0. The molecule has 94 valence electrons. The fourth-order valence-electron chi connectivity index (χ4n) is 1.41. The van der Waals surface area contributed by atoms with Gasteiger partial charge in [0.2, 0.25) is 0 Å². The molecule has 0 aliphatic heterocycles. The molecule has 0 saturated carbocycles. The number of hydrogen-bond donors (Lipinski definition) is 2. The molecule has 0 saturated heterocycles. The minimum absolute atomic E-state index is 0.575. The van der Waals surface area contributed by atoms with Gasteiger partial charge in [0.15, 0.2) is 5.92 Å². The van der Waals surface area contributed by atoms with Crippen LogP contribution in [0, 0.1) is 5.92 Å². The minimum Gasteiger partial charge on any atom is -0.481 e. The Kier molecular flexibility index (Phi) is 4.45. The van der Waals surface area contributed by atoms with E-state index in [9.17, 15) is 18.0 Å². The molecule has 0 amide bonds. The number of alkyl halides is 3. The molecule has 0 aliphatic rings. The van der Waals surface area contributed by atoms with Crippen LogP contribution in [0.1, 0.15) is 17.2 Å². The smallest absolute Gasteiger partial charge is 0.402 e. The highest BCUT2D eigenvalue weighted by molar-refractivity contribution is 7.80. The lowest BCUT2D eigenvalue weighted by Crippen LogP contribution is -2.31. The van der Waals surface area contributed by atoms with E-state index in [-0.39, 0.29) is 0 Å². The number of carboxylic acid groups (broad SMARTS) is 1. The third-order valence-corrected chi connectivity index (χ3v) is 2.85. The molecule has 2 atom stereocenters. The monoisotopic (exact) mass is 264 g/mol. The van der Waals surface area contributed by atoms with Crippen LogP contribution < -0.4 is 0 Å². The average molecular weight is 264 g/mol. The Balaban J connectivity index is 2.79. The van der Waals surface area contributed by atoms with Gasteiger partial charge in [-0.1, -0.05) is 30.3 Å². The second-order valence-electron chi connectivity index (χ2n) is 3.59. The minimum atomic E-state index is -4.75. The molecule has 6 heteroatoms. The third kappa shape index (κ3) is 3.96. The SMILES string of the molecule is O=C(O)C(CC(S)c1ccccc1)C(F)(F)F. The Morgan fingerprint density at radius 2 is 1.82 bits per heavy atom. The Morgan fingerprint density at radius 3 is 2.24 bits per heavy atom. The molecule has 1 aromatic carbocycles. The van der Waals surface area contributed by atoms with Gasteiger partial charge in [-0.3, -0.25) is 4.79 Å². The lowest BCUT2D eigenvalue weighted by molar-refractivity contribution is -0.194. The number of carboxylic acids is 1. The molecular formula is C11H11F3O2S. The van der Waals surface area contributed by atoms with Crippen molar-refractivity contribution in [2.45, 2.75) is 17.8 Å². The van der Waals surface area contributed by atoms with E-state index >= 15 is 0 Å². The number of hydrogen-bond acceptors (Lipinski definition) is 2. The summed E-state index contributed by atoms with van der Waals surface area (Å²) in [6.07, 6.45) is -5.33. The van der Waals surface area contributed by atoms with Crippen LogP contribution in [0.4, 0.5) is 13.2 Å². The normalized spacial score (nSPS) is 15.3. The first-order chi connectivity index (χ1) is 7.82. The molecule has 0 spiro atoms. The van der Waals surface area contributed by atoms with Crippen molar-refractivity contribution < 1.29 is 23.1 Å². The van der Waals surface area contributed by atoms with E-state index in [4.69, 9.17) is 5.11 Å². The molecule has 1 aromatic rings. The van der Waals surface area contributed by atoms with E-state index in [0.29, 0.717) is 5.56 Å². The fraction of sp³-hybridized carbons (Fsp3) is 0.364. The van der Waals surface area contributed by atoms with E-state index in [2.05, 4.69) is 12.6 Å². The van der Waals surface area contributed by atoms with Crippen molar-refractivity contribution in [3.05, 3.63) is 35.9 Å². The maximum Gasteiger partial charge on any atom is 0.402 e. The number of rotatable bonds is 4. The van der Waals surface area contributed by atoms with E-state index in [1.54, 1.807) is 30.3 Å². The van der Waals surface area contributed by atoms with Crippen molar-refractivity contribution in [1.29, 1.82) is 0 Å². The summed E-state index contributed by atoms with van der Waals surface area (Å²) in [5.74, 6) is -4.25. The largest absolute Gasteiger partial charge is 0.481 e. The van der Waals surface area contributed by atoms with Gasteiger partial charge in [-0.15, -0.1) is 0 Å². The Bertz CT molecular complexity index is 378. The summed E-state index contributed by atoms with van der Waals surface area (Å²) in [7, 11) is 0. The summed E-state index contributed by atoms with van der Waals surface area (Å²) in [4.78, 5) is 10.6. The van der Waals surface area contributed by atoms with Gasteiger partial charge in [0.25, 0.3) is 0 Å². The standard InChI is InChI=1S/C11H11F3O2S/c12-11(13,14)8(10(15)16)6-9(17)7-4-2-1-3-5-7/h1-5,8-9,17H,6H2,(H,15,16). The molecule has 0 aromatic heterocycles. The van der Waals surface area contributed by atoms with Crippen LogP contribution >= 0.6 is 12.6 Å². The van der Waals surface area contributed by atoms with E-state index in [0.717, 1.165) is 0 Å². The topological polar surface area (TPSA) is 37.3 Å². The number of aliphatic carboxylic acids is 1. The first-order valence-corrected chi connectivity index (χ1v) is 5.36. The third-order valence-electron chi connectivity index (χ3n) is 2.34. The molecule has 0 radical (unpaired) electrons. The maximum absolute atomic E-state index is 12.4. The van der Waals surface area contributed by atoms with Crippen molar-refractivity contribution in [3.8, 4) is 0 Å². The summed E-state index contributed by atoms with van der Waals surface area (Å²) >= 11 is 4.02.